The minimum Gasteiger partial charge on any atom is -0.380 e. The molecule has 0 aromatic carbocycles. The molecule has 0 bridgehead atoms. The van der Waals surface area contributed by atoms with Crippen LogP contribution >= 0.6 is 15.9 Å². The van der Waals surface area contributed by atoms with E-state index in [9.17, 15) is 4.39 Å². The van der Waals surface area contributed by atoms with Crippen molar-refractivity contribution in [1.82, 2.24) is 14.8 Å². The molecule has 4 heterocycles. The molecule has 0 N–H and O–H groups in total. The number of halogens is 2. The molecule has 4 nitrogen and oxygen atoms in total. The first-order valence-electron chi connectivity index (χ1n) is 10.0. The van der Waals surface area contributed by atoms with E-state index in [4.69, 9.17) is 9.84 Å². The summed E-state index contributed by atoms with van der Waals surface area (Å²) in [5.41, 5.74) is 4.12. The predicted molar refractivity (Wildman–Crippen MR) is 114 cm³/mol. The SMILES string of the molecule is CC1(C2C=CC=CC2=CC2COC2)CCc2c(Br)c(-c3ccc(F)cn3)nn2C1. The number of hydrogen-bond acceptors (Lipinski definition) is 3. The van der Waals surface area contributed by atoms with Gasteiger partial charge in [-0.2, -0.15) is 5.10 Å². The van der Waals surface area contributed by atoms with Gasteiger partial charge < -0.3 is 4.74 Å². The van der Waals surface area contributed by atoms with Crippen LogP contribution in [0.15, 0.2) is 58.8 Å². The lowest BCUT2D eigenvalue weighted by Crippen LogP contribution is -2.38. The number of fused-ring (bicyclic) bond motifs is 1. The lowest BCUT2D eigenvalue weighted by Gasteiger charge is -2.41. The Bertz CT molecular complexity index is 1020. The zero-order valence-electron chi connectivity index (χ0n) is 16.3. The van der Waals surface area contributed by atoms with Gasteiger partial charge in [-0.05, 0) is 51.9 Å². The van der Waals surface area contributed by atoms with E-state index < -0.39 is 0 Å². The third-order valence-corrected chi connectivity index (χ3v) is 7.15. The van der Waals surface area contributed by atoms with Gasteiger partial charge in [0.2, 0.25) is 0 Å². The number of hydrogen-bond donors (Lipinski definition) is 0. The van der Waals surface area contributed by atoms with E-state index in [0.29, 0.717) is 17.5 Å². The van der Waals surface area contributed by atoms with Gasteiger partial charge in [-0.1, -0.05) is 37.3 Å². The molecule has 1 saturated heterocycles. The maximum absolute atomic E-state index is 13.3. The summed E-state index contributed by atoms with van der Waals surface area (Å²) in [7, 11) is 0. The molecule has 0 radical (unpaired) electrons. The predicted octanol–water partition coefficient (Wildman–Crippen LogP) is 5.11. The van der Waals surface area contributed by atoms with Crippen LogP contribution in [0, 0.1) is 23.1 Å². The van der Waals surface area contributed by atoms with Crippen molar-refractivity contribution in [3.8, 4) is 11.4 Å². The minimum atomic E-state index is -0.338. The fourth-order valence-corrected chi connectivity index (χ4v) is 5.26. The normalized spacial score (nSPS) is 27.8. The zero-order valence-corrected chi connectivity index (χ0v) is 17.9. The van der Waals surface area contributed by atoms with Crippen LogP contribution in [-0.2, 0) is 17.7 Å². The molecule has 1 fully saturated rings. The number of ether oxygens (including phenoxy) is 1. The number of rotatable bonds is 3. The van der Waals surface area contributed by atoms with Gasteiger partial charge >= 0.3 is 0 Å². The topological polar surface area (TPSA) is 39.9 Å². The molecule has 5 rings (SSSR count). The molecule has 2 atom stereocenters. The molecule has 2 unspecified atom stereocenters. The second kappa shape index (κ2) is 7.33. The molecule has 3 aliphatic rings. The van der Waals surface area contributed by atoms with E-state index in [-0.39, 0.29) is 11.2 Å². The molecule has 150 valence electrons. The molecule has 1 aliphatic carbocycles. The highest BCUT2D eigenvalue weighted by atomic mass is 79.9. The molecular formula is C23H23BrFN3O. The van der Waals surface area contributed by atoms with E-state index in [1.54, 1.807) is 6.07 Å². The van der Waals surface area contributed by atoms with E-state index in [2.05, 4.69) is 62.9 Å². The van der Waals surface area contributed by atoms with Crippen molar-refractivity contribution in [2.24, 2.45) is 17.3 Å². The Morgan fingerprint density at radius 2 is 2.17 bits per heavy atom. The van der Waals surface area contributed by atoms with E-state index >= 15 is 0 Å². The molecule has 0 saturated carbocycles. The first-order valence-corrected chi connectivity index (χ1v) is 10.8. The average molecular weight is 456 g/mol. The zero-order chi connectivity index (χ0) is 20.0. The van der Waals surface area contributed by atoms with Crippen LogP contribution < -0.4 is 0 Å². The van der Waals surface area contributed by atoms with Crippen LogP contribution in [0.2, 0.25) is 0 Å². The van der Waals surface area contributed by atoms with Crippen molar-refractivity contribution in [3.63, 3.8) is 0 Å². The van der Waals surface area contributed by atoms with Crippen molar-refractivity contribution < 1.29 is 9.13 Å². The summed E-state index contributed by atoms with van der Waals surface area (Å²) in [6.45, 7) is 4.85. The third-order valence-electron chi connectivity index (χ3n) is 6.31. The third kappa shape index (κ3) is 3.42. The first kappa shape index (κ1) is 18.9. The molecule has 2 aliphatic heterocycles. The van der Waals surface area contributed by atoms with E-state index in [1.165, 1.54) is 23.5 Å². The maximum Gasteiger partial charge on any atom is 0.141 e. The van der Waals surface area contributed by atoms with Crippen molar-refractivity contribution in [1.29, 1.82) is 0 Å². The molecule has 29 heavy (non-hydrogen) atoms. The Morgan fingerprint density at radius 3 is 2.90 bits per heavy atom. The molecule has 2 aromatic heterocycles. The highest BCUT2D eigenvalue weighted by Crippen LogP contribution is 2.46. The summed E-state index contributed by atoms with van der Waals surface area (Å²) in [4.78, 5) is 4.22. The highest BCUT2D eigenvalue weighted by molar-refractivity contribution is 9.10. The Labute approximate surface area is 178 Å². The summed E-state index contributed by atoms with van der Waals surface area (Å²) in [6, 6.07) is 3.11. The number of aromatic nitrogens is 3. The Morgan fingerprint density at radius 1 is 1.31 bits per heavy atom. The number of pyridine rings is 1. The van der Waals surface area contributed by atoms with Crippen LogP contribution in [0.4, 0.5) is 4.39 Å². The Hall–Kier alpha value is -2.05. The molecule has 2 aromatic rings. The van der Waals surface area contributed by atoms with Crippen LogP contribution in [0.3, 0.4) is 0 Å². The van der Waals surface area contributed by atoms with Gasteiger partial charge in [0.15, 0.2) is 0 Å². The molecular weight excluding hydrogens is 433 g/mol. The van der Waals surface area contributed by atoms with Crippen LogP contribution in [0.1, 0.15) is 19.0 Å². The monoisotopic (exact) mass is 455 g/mol. The van der Waals surface area contributed by atoms with Gasteiger partial charge in [0.05, 0.1) is 35.3 Å². The maximum atomic E-state index is 13.3. The Balaban J connectivity index is 1.46. The lowest BCUT2D eigenvalue weighted by molar-refractivity contribution is -0.00839. The fourth-order valence-electron chi connectivity index (χ4n) is 4.58. The van der Waals surface area contributed by atoms with Crippen molar-refractivity contribution >= 4 is 15.9 Å². The quantitative estimate of drug-likeness (QED) is 0.644. The minimum absolute atomic E-state index is 0.0731. The summed E-state index contributed by atoms with van der Waals surface area (Å²) < 4.78 is 21.7. The van der Waals surface area contributed by atoms with Crippen molar-refractivity contribution in [2.45, 2.75) is 26.3 Å². The summed E-state index contributed by atoms with van der Waals surface area (Å²) in [6.07, 6.45) is 14.5. The summed E-state index contributed by atoms with van der Waals surface area (Å²) >= 11 is 3.72. The summed E-state index contributed by atoms with van der Waals surface area (Å²) in [5.74, 6) is 0.549. The van der Waals surface area contributed by atoms with Gasteiger partial charge in [-0.15, -0.1) is 0 Å². The van der Waals surface area contributed by atoms with Gasteiger partial charge in [0.1, 0.15) is 11.5 Å². The second-order valence-corrected chi connectivity index (χ2v) is 9.26. The van der Waals surface area contributed by atoms with Crippen molar-refractivity contribution in [3.05, 3.63) is 70.3 Å². The fraction of sp³-hybridized carbons (Fsp3) is 0.391. The van der Waals surface area contributed by atoms with Gasteiger partial charge in [0.25, 0.3) is 0 Å². The number of nitrogens with zero attached hydrogens (tertiary/aromatic N) is 3. The van der Waals surface area contributed by atoms with Gasteiger partial charge in [-0.25, -0.2) is 4.39 Å². The molecule has 0 amide bonds. The molecule has 6 heteroatoms. The van der Waals surface area contributed by atoms with Crippen molar-refractivity contribution in [2.75, 3.05) is 13.2 Å². The van der Waals surface area contributed by atoms with Gasteiger partial charge in [0, 0.05) is 18.4 Å². The summed E-state index contributed by atoms with van der Waals surface area (Å²) in [5, 5.41) is 4.86. The average Bonchev–Trinajstić information content (AvgIpc) is 3.01. The van der Waals surface area contributed by atoms with Crippen LogP contribution in [-0.4, -0.2) is 28.0 Å². The number of allylic oxidation sites excluding steroid dienone is 5. The highest BCUT2D eigenvalue weighted by Gasteiger charge is 2.40. The smallest absolute Gasteiger partial charge is 0.141 e. The standard InChI is InChI=1S/C23H23BrFN3O/c1-23(18-5-3-2-4-16(18)10-15-12-29-13-15)9-8-20-21(24)22(27-28(20)14-23)19-7-6-17(25)11-26-19/h2-7,10-11,15,18H,8-9,12-14H2,1H3. The van der Waals surface area contributed by atoms with E-state index in [0.717, 1.165) is 42.8 Å². The first-order chi connectivity index (χ1) is 14.0. The molecule has 0 spiro atoms. The Kier molecular flexibility index (Phi) is 4.79. The van der Waals surface area contributed by atoms with Crippen LogP contribution in [0.25, 0.3) is 11.4 Å². The van der Waals surface area contributed by atoms with Crippen LogP contribution in [0.5, 0.6) is 0 Å². The van der Waals surface area contributed by atoms with Gasteiger partial charge in [-0.3, -0.25) is 9.67 Å². The largest absolute Gasteiger partial charge is 0.380 e. The van der Waals surface area contributed by atoms with E-state index in [1.807, 2.05) is 0 Å². The lowest BCUT2D eigenvalue weighted by atomic mass is 9.67. The second-order valence-electron chi connectivity index (χ2n) is 8.47.